The number of aliphatic hydroxyl groups excluding tert-OH is 1. The van der Waals surface area contributed by atoms with E-state index < -0.39 is 0 Å². The second kappa shape index (κ2) is 8.76. The van der Waals surface area contributed by atoms with E-state index in [0.717, 1.165) is 18.7 Å². The van der Waals surface area contributed by atoms with E-state index in [1.807, 2.05) is 36.2 Å². The zero-order valence-corrected chi connectivity index (χ0v) is 13.3. The lowest BCUT2D eigenvalue weighted by atomic mass is 10.1. The molecule has 1 fully saturated rings. The molecule has 0 aliphatic carbocycles. The fourth-order valence-electron chi connectivity index (χ4n) is 2.74. The highest BCUT2D eigenvalue weighted by atomic mass is 16.3. The Morgan fingerprint density at radius 3 is 2.82 bits per heavy atom. The third-order valence-corrected chi connectivity index (χ3v) is 4.18. The molecule has 22 heavy (non-hydrogen) atoms. The van der Waals surface area contributed by atoms with E-state index in [4.69, 9.17) is 5.11 Å². The Morgan fingerprint density at radius 2 is 2.09 bits per heavy atom. The number of nitrogens with one attached hydrogen (secondary N) is 2. The smallest absolute Gasteiger partial charge is 0.251 e. The summed E-state index contributed by atoms with van der Waals surface area (Å²) in [6, 6.07) is 7.88. The van der Waals surface area contributed by atoms with E-state index in [0.29, 0.717) is 24.7 Å². The number of nitrogens with zero attached hydrogens (tertiary/aromatic N) is 1. The number of hydrogen-bond donors (Lipinski definition) is 3. The lowest BCUT2D eigenvalue weighted by molar-refractivity contribution is 0.0949. The van der Waals surface area contributed by atoms with Crippen LogP contribution in [-0.2, 0) is 0 Å². The van der Waals surface area contributed by atoms with Gasteiger partial charge >= 0.3 is 0 Å². The molecule has 3 N–H and O–H groups in total. The van der Waals surface area contributed by atoms with Crippen molar-refractivity contribution in [2.45, 2.75) is 31.7 Å². The molecule has 0 bridgehead atoms. The van der Waals surface area contributed by atoms with Crippen LogP contribution in [0.3, 0.4) is 0 Å². The number of benzene rings is 1. The lowest BCUT2D eigenvalue weighted by Gasteiger charge is -2.18. The van der Waals surface area contributed by atoms with Crippen LogP contribution in [0.15, 0.2) is 24.3 Å². The monoisotopic (exact) mass is 305 g/mol. The minimum absolute atomic E-state index is 0.0255. The summed E-state index contributed by atoms with van der Waals surface area (Å²) >= 11 is 0. The van der Waals surface area contributed by atoms with Crippen molar-refractivity contribution in [3.8, 4) is 0 Å². The van der Waals surface area contributed by atoms with Gasteiger partial charge in [-0.05, 0) is 43.7 Å². The van der Waals surface area contributed by atoms with Crippen LogP contribution in [0.4, 0.5) is 5.69 Å². The van der Waals surface area contributed by atoms with E-state index in [-0.39, 0.29) is 12.5 Å². The average molecular weight is 305 g/mol. The van der Waals surface area contributed by atoms with Crippen molar-refractivity contribution in [2.24, 2.45) is 0 Å². The molecule has 2 rings (SSSR count). The number of aliphatic hydroxyl groups is 1. The predicted molar refractivity (Wildman–Crippen MR) is 89.4 cm³/mol. The van der Waals surface area contributed by atoms with Gasteiger partial charge in [-0.15, -0.1) is 0 Å². The molecule has 0 aromatic heterocycles. The Bertz CT molecular complexity index is 453. The molecule has 1 aromatic rings. The highest BCUT2D eigenvalue weighted by molar-refractivity contribution is 5.94. The second-order valence-corrected chi connectivity index (χ2v) is 5.90. The Hall–Kier alpha value is -1.59. The molecule has 0 saturated carbocycles. The number of carbonyl (C=O) groups excluding carboxylic acids is 1. The summed E-state index contributed by atoms with van der Waals surface area (Å²) in [5.41, 5.74) is 1.67. The van der Waals surface area contributed by atoms with Crippen LogP contribution in [0.1, 0.15) is 36.0 Å². The molecule has 1 heterocycles. The molecule has 1 amide bonds. The van der Waals surface area contributed by atoms with E-state index >= 15 is 0 Å². The third-order valence-electron chi connectivity index (χ3n) is 4.18. The lowest BCUT2D eigenvalue weighted by Crippen LogP contribution is -2.40. The van der Waals surface area contributed by atoms with Crippen LogP contribution < -0.4 is 15.5 Å². The van der Waals surface area contributed by atoms with Gasteiger partial charge in [-0.25, -0.2) is 0 Å². The number of amides is 1. The summed E-state index contributed by atoms with van der Waals surface area (Å²) in [6.45, 7) is 2.43. The van der Waals surface area contributed by atoms with Gasteiger partial charge in [0.2, 0.25) is 0 Å². The Kier molecular flexibility index (Phi) is 6.68. The zero-order chi connectivity index (χ0) is 15.8. The molecule has 1 unspecified atom stereocenters. The van der Waals surface area contributed by atoms with Gasteiger partial charge in [0.15, 0.2) is 0 Å². The maximum Gasteiger partial charge on any atom is 0.251 e. The minimum atomic E-state index is -0.0255. The fraction of sp³-hybridized carbons (Fsp3) is 0.588. The number of anilines is 1. The predicted octanol–water partition coefficient (Wildman–Crippen LogP) is 1.38. The van der Waals surface area contributed by atoms with Crippen LogP contribution in [0.5, 0.6) is 0 Å². The molecule has 0 spiro atoms. The fourth-order valence-corrected chi connectivity index (χ4v) is 2.74. The quantitative estimate of drug-likeness (QED) is 0.743. The van der Waals surface area contributed by atoms with Gasteiger partial charge in [-0.3, -0.25) is 4.79 Å². The minimum Gasteiger partial charge on any atom is -0.395 e. The standard InChI is InChI=1S/C17H27N3O2/c1-20(11-12-21)16-8-6-14(7-9-16)17(22)19-13-15-5-3-2-4-10-18-15/h6-9,15,18,21H,2-5,10-13H2,1H3,(H,19,22). The van der Waals surface area contributed by atoms with Crippen LogP contribution in [-0.4, -0.2) is 50.3 Å². The average Bonchev–Trinajstić information content (AvgIpc) is 2.82. The molecule has 1 aliphatic rings. The number of carbonyl (C=O) groups is 1. The van der Waals surface area contributed by atoms with Crippen molar-refractivity contribution < 1.29 is 9.90 Å². The van der Waals surface area contributed by atoms with Crippen LogP contribution in [0.2, 0.25) is 0 Å². The molecule has 122 valence electrons. The number of rotatable bonds is 6. The van der Waals surface area contributed by atoms with E-state index in [1.165, 1.54) is 19.3 Å². The molecule has 5 heteroatoms. The normalized spacial score (nSPS) is 18.5. The summed E-state index contributed by atoms with van der Waals surface area (Å²) < 4.78 is 0. The van der Waals surface area contributed by atoms with Gasteiger partial charge in [-0.1, -0.05) is 12.8 Å². The van der Waals surface area contributed by atoms with E-state index in [1.54, 1.807) is 0 Å². The SMILES string of the molecule is CN(CCO)c1ccc(C(=O)NCC2CCCCCN2)cc1. The van der Waals surface area contributed by atoms with E-state index in [2.05, 4.69) is 10.6 Å². The molecule has 0 radical (unpaired) electrons. The summed E-state index contributed by atoms with van der Waals surface area (Å²) in [5, 5.41) is 15.4. The van der Waals surface area contributed by atoms with Crippen molar-refractivity contribution >= 4 is 11.6 Å². The van der Waals surface area contributed by atoms with Crippen LogP contribution in [0.25, 0.3) is 0 Å². The van der Waals surface area contributed by atoms with Crippen LogP contribution in [0, 0.1) is 0 Å². The third kappa shape index (κ3) is 5.00. The zero-order valence-electron chi connectivity index (χ0n) is 13.3. The number of likely N-dealkylation sites (N-methyl/N-ethyl adjacent to an activating group) is 1. The topological polar surface area (TPSA) is 64.6 Å². The van der Waals surface area contributed by atoms with Crippen molar-refractivity contribution in [1.82, 2.24) is 10.6 Å². The molecule has 5 nitrogen and oxygen atoms in total. The van der Waals surface area contributed by atoms with E-state index in [9.17, 15) is 4.79 Å². The summed E-state index contributed by atoms with van der Waals surface area (Å²) in [5.74, 6) is -0.0255. The summed E-state index contributed by atoms with van der Waals surface area (Å²) in [7, 11) is 1.92. The Balaban J connectivity index is 1.84. The largest absolute Gasteiger partial charge is 0.395 e. The van der Waals surface area contributed by atoms with Crippen molar-refractivity contribution in [3.05, 3.63) is 29.8 Å². The van der Waals surface area contributed by atoms with Gasteiger partial charge in [0.05, 0.1) is 6.61 Å². The van der Waals surface area contributed by atoms with Gasteiger partial charge < -0.3 is 20.6 Å². The first kappa shape index (κ1) is 16.8. The van der Waals surface area contributed by atoms with Crippen LogP contribution >= 0.6 is 0 Å². The number of hydrogen-bond acceptors (Lipinski definition) is 4. The maximum absolute atomic E-state index is 12.2. The van der Waals surface area contributed by atoms with Gasteiger partial charge in [0.1, 0.15) is 0 Å². The first-order chi connectivity index (χ1) is 10.7. The maximum atomic E-state index is 12.2. The highest BCUT2D eigenvalue weighted by Gasteiger charge is 2.13. The van der Waals surface area contributed by atoms with Gasteiger partial charge in [-0.2, -0.15) is 0 Å². The first-order valence-electron chi connectivity index (χ1n) is 8.14. The van der Waals surface area contributed by atoms with Gasteiger partial charge in [0.25, 0.3) is 5.91 Å². The van der Waals surface area contributed by atoms with Crippen molar-refractivity contribution in [3.63, 3.8) is 0 Å². The second-order valence-electron chi connectivity index (χ2n) is 5.90. The summed E-state index contributed by atoms with van der Waals surface area (Å²) in [6.07, 6.45) is 4.87. The Labute approximate surface area is 132 Å². The molecule has 1 atom stereocenters. The van der Waals surface area contributed by atoms with Gasteiger partial charge in [0, 0.05) is 37.4 Å². The van der Waals surface area contributed by atoms with Crippen molar-refractivity contribution in [1.29, 1.82) is 0 Å². The molecular formula is C17H27N3O2. The molecule has 1 saturated heterocycles. The first-order valence-corrected chi connectivity index (χ1v) is 8.14. The molecule has 1 aromatic carbocycles. The highest BCUT2D eigenvalue weighted by Crippen LogP contribution is 2.13. The summed E-state index contributed by atoms with van der Waals surface area (Å²) in [4.78, 5) is 14.1. The molecule has 1 aliphatic heterocycles. The molecular weight excluding hydrogens is 278 g/mol. The van der Waals surface area contributed by atoms with Crippen molar-refractivity contribution in [2.75, 3.05) is 38.2 Å². The Morgan fingerprint density at radius 1 is 1.32 bits per heavy atom.